The van der Waals surface area contributed by atoms with Gasteiger partial charge in [-0.15, -0.1) is 10.2 Å². The van der Waals surface area contributed by atoms with E-state index in [1.54, 1.807) is 0 Å². The quantitative estimate of drug-likeness (QED) is 0.838. The number of nitrogens with zero attached hydrogens (tertiary/aromatic N) is 3. The molecule has 3 rings (SSSR count). The minimum Gasteiger partial charge on any atom is -0.409 e. The standard InChI is InChI=1S/C9H8BrN3O2/c1-9(2-3-9)6-4-5(13-15-6)7-11-12-8(10)14-7/h4H,2-3H2,1H3. The van der Waals surface area contributed by atoms with Crippen LogP contribution < -0.4 is 0 Å². The van der Waals surface area contributed by atoms with E-state index in [9.17, 15) is 0 Å². The maximum atomic E-state index is 5.26. The first-order valence-corrected chi connectivity index (χ1v) is 5.43. The third kappa shape index (κ3) is 1.49. The molecule has 0 aliphatic heterocycles. The van der Waals surface area contributed by atoms with Gasteiger partial charge in [-0.25, -0.2) is 0 Å². The van der Waals surface area contributed by atoms with Crippen LogP contribution in [0.5, 0.6) is 0 Å². The summed E-state index contributed by atoms with van der Waals surface area (Å²) in [4.78, 5) is 0.347. The number of aromatic nitrogens is 3. The van der Waals surface area contributed by atoms with E-state index < -0.39 is 0 Å². The minimum absolute atomic E-state index is 0.169. The van der Waals surface area contributed by atoms with Crippen LogP contribution in [0.25, 0.3) is 11.6 Å². The summed E-state index contributed by atoms with van der Waals surface area (Å²) >= 11 is 3.09. The lowest BCUT2D eigenvalue weighted by Crippen LogP contribution is -1.95. The normalized spacial score (nSPS) is 18.0. The van der Waals surface area contributed by atoms with E-state index in [1.165, 1.54) is 0 Å². The summed E-state index contributed by atoms with van der Waals surface area (Å²) in [6.45, 7) is 2.15. The molecule has 0 N–H and O–H groups in total. The van der Waals surface area contributed by atoms with Crippen LogP contribution in [0.3, 0.4) is 0 Å². The first kappa shape index (κ1) is 9.08. The van der Waals surface area contributed by atoms with Crippen molar-refractivity contribution in [2.75, 3.05) is 0 Å². The van der Waals surface area contributed by atoms with Gasteiger partial charge in [0, 0.05) is 27.4 Å². The number of halogens is 1. The molecular weight excluding hydrogens is 262 g/mol. The predicted molar refractivity (Wildman–Crippen MR) is 54.1 cm³/mol. The Morgan fingerprint density at radius 2 is 2.20 bits per heavy atom. The lowest BCUT2D eigenvalue weighted by atomic mass is 10.1. The molecule has 2 heterocycles. The zero-order valence-electron chi connectivity index (χ0n) is 8.03. The van der Waals surface area contributed by atoms with Crippen LogP contribution in [-0.4, -0.2) is 15.4 Å². The number of rotatable bonds is 2. The second-order valence-corrected chi connectivity index (χ2v) is 4.68. The fourth-order valence-electron chi connectivity index (χ4n) is 1.40. The van der Waals surface area contributed by atoms with E-state index in [2.05, 4.69) is 38.2 Å². The summed E-state index contributed by atoms with van der Waals surface area (Å²) < 4.78 is 10.5. The lowest BCUT2D eigenvalue weighted by molar-refractivity contribution is 0.359. The zero-order chi connectivity index (χ0) is 10.5. The van der Waals surface area contributed by atoms with Gasteiger partial charge in [-0.3, -0.25) is 0 Å². The molecule has 1 saturated carbocycles. The second-order valence-electron chi connectivity index (χ2n) is 4.00. The molecule has 0 unspecified atom stereocenters. The summed E-state index contributed by atoms with van der Waals surface area (Å²) in [5.41, 5.74) is 0.763. The van der Waals surface area contributed by atoms with Crippen LogP contribution >= 0.6 is 15.9 Å². The summed E-state index contributed by atoms with van der Waals surface area (Å²) in [6.07, 6.45) is 2.30. The molecule has 15 heavy (non-hydrogen) atoms. The van der Waals surface area contributed by atoms with Crippen LogP contribution in [0.2, 0.25) is 0 Å². The third-order valence-electron chi connectivity index (χ3n) is 2.72. The first-order chi connectivity index (χ1) is 7.17. The van der Waals surface area contributed by atoms with Gasteiger partial charge < -0.3 is 8.94 Å². The molecule has 6 heteroatoms. The molecule has 2 aromatic rings. The van der Waals surface area contributed by atoms with Crippen molar-refractivity contribution in [3.05, 3.63) is 16.6 Å². The van der Waals surface area contributed by atoms with E-state index in [0.717, 1.165) is 18.6 Å². The first-order valence-electron chi connectivity index (χ1n) is 4.64. The summed E-state index contributed by atoms with van der Waals surface area (Å²) in [5, 5.41) is 11.4. The summed E-state index contributed by atoms with van der Waals surface area (Å²) in [7, 11) is 0. The van der Waals surface area contributed by atoms with Crippen LogP contribution in [0, 0.1) is 0 Å². The Hall–Kier alpha value is -1.17. The van der Waals surface area contributed by atoms with Gasteiger partial charge >= 0.3 is 0 Å². The highest BCUT2D eigenvalue weighted by atomic mass is 79.9. The zero-order valence-corrected chi connectivity index (χ0v) is 9.61. The average Bonchev–Trinajstić information content (AvgIpc) is 2.72. The molecule has 0 saturated heterocycles. The molecule has 0 atom stereocenters. The van der Waals surface area contributed by atoms with Gasteiger partial charge in [-0.05, 0) is 12.8 Å². The Balaban J connectivity index is 1.97. The molecule has 2 aromatic heterocycles. The van der Waals surface area contributed by atoms with Gasteiger partial charge in [-0.2, -0.15) is 0 Å². The molecule has 5 nitrogen and oxygen atoms in total. The van der Waals surface area contributed by atoms with Crippen LogP contribution in [0.15, 0.2) is 19.8 Å². The molecule has 1 fully saturated rings. The summed E-state index contributed by atoms with van der Waals surface area (Å²) in [5.74, 6) is 1.27. The van der Waals surface area contributed by atoms with Crippen LogP contribution in [-0.2, 0) is 5.41 Å². The van der Waals surface area contributed by atoms with Crippen molar-refractivity contribution in [1.82, 2.24) is 15.4 Å². The fraction of sp³-hybridized carbons (Fsp3) is 0.444. The number of hydrogen-bond donors (Lipinski definition) is 0. The highest BCUT2D eigenvalue weighted by Crippen LogP contribution is 2.48. The fourth-order valence-corrected chi connectivity index (χ4v) is 1.64. The Bertz CT molecular complexity index is 501. The van der Waals surface area contributed by atoms with E-state index in [4.69, 9.17) is 8.94 Å². The van der Waals surface area contributed by atoms with Crippen molar-refractivity contribution in [2.24, 2.45) is 0 Å². The summed E-state index contributed by atoms with van der Waals surface area (Å²) in [6, 6.07) is 1.87. The topological polar surface area (TPSA) is 65.0 Å². The molecular formula is C9H8BrN3O2. The lowest BCUT2D eigenvalue weighted by Gasteiger charge is -1.98. The highest BCUT2D eigenvalue weighted by Gasteiger charge is 2.43. The van der Waals surface area contributed by atoms with Crippen molar-refractivity contribution in [2.45, 2.75) is 25.2 Å². The molecule has 1 aliphatic carbocycles. The van der Waals surface area contributed by atoms with Crippen molar-refractivity contribution in [3.63, 3.8) is 0 Å². The van der Waals surface area contributed by atoms with Gasteiger partial charge in [0.05, 0.1) is 0 Å². The average molecular weight is 270 g/mol. The molecule has 0 amide bonds. The van der Waals surface area contributed by atoms with Gasteiger partial charge in [0.15, 0.2) is 5.69 Å². The largest absolute Gasteiger partial charge is 0.409 e. The predicted octanol–water partition coefficient (Wildman–Crippen LogP) is 2.54. The molecule has 0 radical (unpaired) electrons. The molecule has 0 spiro atoms. The maximum Gasteiger partial charge on any atom is 0.285 e. The van der Waals surface area contributed by atoms with Gasteiger partial charge in [-0.1, -0.05) is 12.1 Å². The van der Waals surface area contributed by atoms with Gasteiger partial charge in [0.1, 0.15) is 5.76 Å². The van der Waals surface area contributed by atoms with Gasteiger partial charge in [0.2, 0.25) is 0 Å². The minimum atomic E-state index is 0.169. The molecule has 1 aliphatic rings. The maximum absolute atomic E-state index is 5.26. The third-order valence-corrected chi connectivity index (χ3v) is 3.04. The van der Waals surface area contributed by atoms with E-state index in [0.29, 0.717) is 16.4 Å². The monoisotopic (exact) mass is 269 g/mol. The Morgan fingerprint density at radius 1 is 1.40 bits per heavy atom. The second kappa shape index (κ2) is 2.91. The molecule has 0 bridgehead atoms. The Labute approximate surface area is 94.0 Å². The Kier molecular flexibility index (Phi) is 1.76. The highest BCUT2D eigenvalue weighted by molar-refractivity contribution is 9.10. The van der Waals surface area contributed by atoms with E-state index >= 15 is 0 Å². The Morgan fingerprint density at radius 3 is 2.80 bits per heavy atom. The number of hydrogen-bond acceptors (Lipinski definition) is 5. The smallest absolute Gasteiger partial charge is 0.285 e. The van der Waals surface area contributed by atoms with Crippen molar-refractivity contribution < 1.29 is 8.94 Å². The molecule has 0 aromatic carbocycles. The SMILES string of the molecule is CC1(c2cc(-c3nnc(Br)o3)no2)CC1. The van der Waals surface area contributed by atoms with Crippen LogP contribution in [0.1, 0.15) is 25.5 Å². The molecule has 78 valence electrons. The van der Waals surface area contributed by atoms with Gasteiger partial charge in [0.25, 0.3) is 10.7 Å². The van der Waals surface area contributed by atoms with Crippen molar-refractivity contribution in [3.8, 4) is 11.6 Å². The van der Waals surface area contributed by atoms with Crippen LogP contribution in [0.4, 0.5) is 0 Å². The van der Waals surface area contributed by atoms with Crippen molar-refractivity contribution >= 4 is 15.9 Å². The van der Waals surface area contributed by atoms with E-state index in [-0.39, 0.29) is 5.41 Å². The van der Waals surface area contributed by atoms with E-state index in [1.807, 2.05) is 6.07 Å². The van der Waals surface area contributed by atoms with Crippen molar-refractivity contribution in [1.29, 1.82) is 0 Å².